The van der Waals surface area contributed by atoms with E-state index in [1.807, 2.05) is 41.8 Å². The number of benzene rings is 2. The number of anilines is 1. The van der Waals surface area contributed by atoms with Crippen molar-refractivity contribution < 1.29 is 18.7 Å². The summed E-state index contributed by atoms with van der Waals surface area (Å²) in [6.07, 6.45) is 1.62. The molecule has 3 aromatic heterocycles. The van der Waals surface area contributed by atoms with Crippen LogP contribution in [-0.4, -0.2) is 23.5 Å². The number of nitrogens with zero attached hydrogens (tertiary/aromatic N) is 2. The quantitative estimate of drug-likeness (QED) is 0.157. The molecule has 0 aliphatic heterocycles. The lowest BCUT2D eigenvalue weighted by Gasteiger charge is -2.03. The minimum Gasteiger partial charge on any atom is -0.462 e. The van der Waals surface area contributed by atoms with E-state index in [-0.39, 0.29) is 11.9 Å². The molecule has 0 unspecified atom stereocenters. The third kappa shape index (κ3) is 5.88. The van der Waals surface area contributed by atoms with E-state index in [9.17, 15) is 14.9 Å². The van der Waals surface area contributed by atoms with Gasteiger partial charge < -0.3 is 14.5 Å². The zero-order chi connectivity index (χ0) is 27.2. The van der Waals surface area contributed by atoms with E-state index >= 15 is 0 Å². The molecule has 0 fully saturated rings. The predicted molar refractivity (Wildman–Crippen MR) is 153 cm³/mol. The summed E-state index contributed by atoms with van der Waals surface area (Å²) in [6, 6.07) is 25.7. The first-order chi connectivity index (χ1) is 19.1. The van der Waals surface area contributed by atoms with E-state index in [0.29, 0.717) is 49.8 Å². The molecule has 0 aliphatic rings. The van der Waals surface area contributed by atoms with Crippen molar-refractivity contribution >= 4 is 51.2 Å². The number of furan rings is 1. The van der Waals surface area contributed by atoms with Gasteiger partial charge in [-0.15, -0.1) is 11.3 Å². The summed E-state index contributed by atoms with van der Waals surface area (Å²) < 4.78 is 11.0. The van der Waals surface area contributed by atoms with Crippen LogP contribution in [0.4, 0.5) is 5.00 Å². The zero-order valence-electron chi connectivity index (χ0n) is 20.7. The van der Waals surface area contributed by atoms with Gasteiger partial charge in [0.05, 0.1) is 22.6 Å². The average molecular weight is 552 g/mol. The monoisotopic (exact) mass is 551 g/mol. The van der Waals surface area contributed by atoms with Crippen LogP contribution in [0.15, 0.2) is 88.7 Å². The summed E-state index contributed by atoms with van der Waals surface area (Å²) in [4.78, 5) is 30.0. The van der Waals surface area contributed by atoms with Gasteiger partial charge in [0.15, 0.2) is 0 Å². The number of nitrogens with one attached hydrogen (secondary N) is 1. The van der Waals surface area contributed by atoms with Crippen LogP contribution in [0.3, 0.4) is 0 Å². The summed E-state index contributed by atoms with van der Waals surface area (Å²) in [5.41, 5.74) is 2.94. The molecule has 9 heteroatoms. The van der Waals surface area contributed by atoms with Crippen molar-refractivity contribution in [2.24, 2.45) is 0 Å². The Hall–Kier alpha value is -4.78. The van der Waals surface area contributed by atoms with Crippen molar-refractivity contribution in [2.45, 2.75) is 6.92 Å². The fourth-order valence-corrected chi connectivity index (χ4v) is 5.31. The van der Waals surface area contributed by atoms with Crippen LogP contribution in [0.25, 0.3) is 34.2 Å². The standard InChI is InChI=1S/C30H21N3O4S2/c1-2-36-30(35)21-12-10-19(11-13-21)24-15-14-23(37-24)17-22(18-31)28-32-26(20-7-4-3-5-8-20)29(39-28)33-27(34)25-9-6-16-38-25/h3-17H,2H2,1H3,(H,33,34)/b22-17+. The second kappa shape index (κ2) is 11.7. The molecular formula is C30H21N3O4S2. The van der Waals surface area contributed by atoms with Crippen molar-refractivity contribution in [3.8, 4) is 28.7 Å². The molecule has 1 N–H and O–H groups in total. The highest BCUT2D eigenvalue weighted by Crippen LogP contribution is 2.37. The number of allylic oxidation sites excluding steroid dienone is 1. The number of carbonyl (C=O) groups is 2. The number of amides is 1. The van der Waals surface area contributed by atoms with E-state index in [1.54, 1.807) is 55.5 Å². The van der Waals surface area contributed by atoms with Crippen molar-refractivity contribution in [3.05, 3.63) is 105 Å². The fourth-order valence-electron chi connectivity index (χ4n) is 3.74. The highest BCUT2D eigenvalue weighted by Gasteiger charge is 2.19. The molecule has 7 nitrogen and oxygen atoms in total. The van der Waals surface area contributed by atoms with E-state index in [0.717, 1.165) is 11.1 Å². The predicted octanol–water partition coefficient (Wildman–Crippen LogP) is 7.62. The van der Waals surface area contributed by atoms with E-state index in [4.69, 9.17) is 14.1 Å². The number of hydrogen-bond acceptors (Lipinski definition) is 8. The zero-order valence-corrected chi connectivity index (χ0v) is 22.3. The average Bonchev–Trinajstić information content (AvgIpc) is 3.74. The molecule has 192 valence electrons. The van der Waals surface area contributed by atoms with Crippen molar-refractivity contribution in [2.75, 3.05) is 11.9 Å². The molecule has 0 bridgehead atoms. The normalized spacial score (nSPS) is 11.1. The van der Waals surface area contributed by atoms with Gasteiger partial charge in [-0.1, -0.05) is 59.9 Å². The number of thiophene rings is 1. The third-order valence-electron chi connectivity index (χ3n) is 5.59. The van der Waals surface area contributed by atoms with Crippen LogP contribution in [0.5, 0.6) is 0 Å². The van der Waals surface area contributed by atoms with Gasteiger partial charge >= 0.3 is 5.97 Å². The summed E-state index contributed by atoms with van der Waals surface area (Å²) >= 11 is 2.58. The number of aromatic nitrogens is 1. The van der Waals surface area contributed by atoms with Crippen LogP contribution in [-0.2, 0) is 4.74 Å². The molecule has 3 heterocycles. The minimum atomic E-state index is -0.380. The lowest BCUT2D eigenvalue weighted by molar-refractivity contribution is 0.0526. The smallest absolute Gasteiger partial charge is 0.338 e. The lowest BCUT2D eigenvalue weighted by Crippen LogP contribution is -2.09. The molecule has 0 spiro atoms. The van der Waals surface area contributed by atoms with Crippen molar-refractivity contribution in [1.82, 2.24) is 4.98 Å². The maximum atomic E-state index is 12.8. The maximum Gasteiger partial charge on any atom is 0.338 e. The van der Waals surface area contributed by atoms with Gasteiger partial charge in [-0.3, -0.25) is 4.79 Å². The molecular weight excluding hydrogens is 530 g/mol. The summed E-state index contributed by atoms with van der Waals surface area (Å²) in [7, 11) is 0. The summed E-state index contributed by atoms with van der Waals surface area (Å²) in [5, 5.41) is 15.8. The second-order valence-corrected chi connectivity index (χ2v) is 10.1. The van der Waals surface area contributed by atoms with Crippen molar-refractivity contribution in [3.63, 3.8) is 0 Å². The Kier molecular flexibility index (Phi) is 7.78. The van der Waals surface area contributed by atoms with Gasteiger partial charge in [0.25, 0.3) is 5.91 Å². The topological polar surface area (TPSA) is 105 Å². The van der Waals surface area contributed by atoms with Gasteiger partial charge in [0.2, 0.25) is 0 Å². The highest BCUT2D eigenvalue weighted by molar-refractivity contribution is 7.18. The molecule has 2 aromatic carbocycles. The van der Waals surface area contributed by atoms with E-state index in [2.05, 4.69) is 11.4 Å². The first-order valence-corrected chi connectivity index (χ1v) is 13.7. The number of carbonyl (C=O) groups excluding carboxylic acids is 2. The number of ether oxygens (including phenoxy) is 1. The van der Waals surface area contributed by atoms with Gasteiger partial charge in [0, 0.05) is 17.2 Å². The highest BCUT2D eigenvalue weighted by atomic mass is 32.1. The molecule has 39 heavy (non-hydrogen) atoms. The number of hydrogen-bond donors (Lipinski definition) is 1. The Bertz CT molecular complexity index is 1680. The minimum absolute atomic E-state index is 0.232. The van der Waals surface area contributed by atoms with Crippen LogP contribution in [0.1, 0.15) is 37.7 Å². The molecule has 5 rings (SSSR count). The largest absolute Gasteiger partial charge is 0.462 e. The fraction of sp³-hybridized carbons (Fsp3) is 0.0667. The van der Waals surface area contributed by atoms with Crippen LogP contribution in [0, 0.1) is 11.3 Å². The molecule has 0 atom stereocenters. The first-order valence-electron chi connectivity index (χ1n) is 12.0. The SMILES string of the molecule is CCOC(=O)c1ccc(-c2ccc(/C=C(\C#N)c3nc(-c4ccccc4)c(NC(=O)c4cccs4)s3)o2)cc1. The second-order valence-electron chi connectivity index (χ2n) is 8.16. The van der Waals surface area contributed by atoms with Crippen LogP contribution in [0.2, 0.25) is 0 Å². The van der Waals surface area contributed by atoms with E-state index in [1.165, 1.54) is 22.7 Å². The number of thiazole rings is 1. The summed E-state index contributed by atoms with van der Waals surface area (Å²) in [6.45, 7) is 2.07. The number of nitriles is 1. The van der Waals surface area contributed by atoms with Crippen LogP contribution < -0.4 is 5.32 Å². The van der Waals surface area contributed by atoms with Crippen molar-refractivity contribution in [1.29, 1.82) is 5.26 Å². The third-order valence-corrected chi connectivity index (χ3v) is 7.46. The number of rotatable bonds is 8. The molecule has 5 aromatic rings. The van der Waals surface area contributed by atoms with Gasteiger partial charge in [-0.2, -0.15) is 5.26 Å². The Labute approximate surface area is 232 Å². The molecule has 0 radical (unpaired) electrons. The lowest BCUT2D eigenvalue weighted by atomic mass is 10.1. The Morgan fingerprint density at radius 2 is 1.82 bits per heavy atom. The van der Waals surface area contributed by atoms with Gasteiger partial charge in [0.1, 0.15) is 33.3 Å². The Morgan fingerprint density at radius 1 is 1.03 bits per heavy atom. The molecule has 1 amide bonds. The maximum absolute atomic E-state index is 12.8. The van der Waals surface area contributed by atoms with Crippen LogP contribution >= 0.6 is 22.7 Å². The van der Waals surface area contributed by atoms with E-state index < -0.39 is 0 Å². The molecule has 0 saturated carbocycles. The summed E-state index contributed by atoms with van der Waals surface area (Å²) in [5.74, 6) is 0.443. The Balaban J connectivity index is 1.44. The van der Waals surface area contributed by atoms with Gasteiger partial charge in [-0.25, -0.2) is 9.78 Å². The first kappa shape index (κ1) is 25.9. The number of esters is 1. The van der Waals surface area contributed by atoms with Gasteiger partial charge in [-0.05, 0) is 42.6 Å². The molecule has 0 saturated heterocycles. The Morgan fingerprint density at radius 3 is 2.51 bits per heavy atom. The molecule has 0 aliphatic carbocycles.